The van der Waals surface area contributed by atoms with Crippen molar-refractivity contribution < 1.29 is 4.74 Å². The van der Waals surface area contributed by atoms with E-state index in [9.17, 15) is 9.59 Å². The van der Waals surface area contributed by atoms with E-state index >= 15 is 0 Å². The highest BCUT2D eigenvalue weighted by atomic mass is 16.5. The molecule has 0 saturated carbocycles. The molecule has 1 aliphatic rings. The third-order valence-electron chi connectivity index (χ3n) is 5.62. The smallest absolute Gasteiger partial charge is 0.258 e. The van der Waals surface area contributed by atoms with Crippen molar-refractivity contribution in [2.45, 2.75) is 13.0 Å². The number of pyridine rings is 2. The van der Waals surface area contributed by atoms with Crippen LogP contribution in [0.2, 0.25) is 0 Å². The molecule has 0 spiro atoms. The standard InChI is InChI=1S/C21H19N3O3/c1-11-7-17(25)24-12(9-22)10-27-20-18-16(8-15(11)19(20)24)13-5-3-4-6-14(13)21(26)23(18)2/h3-8,12H,9-10,22H2,1-2H3/t12-/m1/s1. The number of rotatable bonds is 1. The maximum absolute atomic E-state index is 12.9. The van der Waals surface area contributed by atoms with Gasteiger partial charge in [-0.25, -0.2) is 0 Å². The largest absolute Gasteiger partial charge is 0.487 e. The number of benzene rings is 2. The molecule has 5 rings (SSSR count). The SMILES string of the molecule is Cc1cc(=O)n2c3c(c4c(cc13)c1ccccc1c(=O)n4C)OC[C@H]2CN. The van der Waals surface area contributed by atoms with E-state index in [-0.39, 0.29) is 17.2 Å². The number of aromatic nitrogens is 2. The average Bonchev–Trinajstić information content (AvgIpc) is 2.68. The molecule has 2 aromatic heterocycles. The highest BCUT2D eigenvalue weighted by Gasteiger charge is 2.27. The van der Waals surface area contributed by atoms with E-state index < -0.39 is 0 Å². The van der Waals surface area contributed by atoms with Crippen molar-refractivity contribution in [1.29, 1.82) is 0 Å². The van der Waals surface area contributed by atoms with Crippen LogP contribution in [0.3, 0.4) is 0 Å². The Morgan fingerprint density at radius 3 is 2.56 bits per heavy atom. The first kappa shape index (κ1) is 16.1. The van der Waals surface area contributed by atoms with Crippen LogP contribution in [-0.2, 0) is 7.05 Å². The summed E-state index contributed by atoms with van der Waals surface area (Å²) in [4.78, 5) is 25.6. The number of hydrogen-bond donors (Lipinski definition) is 1. The normalized spacial score (nSPS) is 16.2. The van der Waals surface area contributed by atoms with E-state index in [4.69, 9.17) is 10.5 Å². The minimum atomic E-state index is -0.219. The highest BCUT2D eigenvalue weighted by Crippen LogP contribution is 2.40. The Bertz CT molecular complexity index is 1380. The molecule has 0 aliphatic carbocycles. The average molecular weight is 361 g/mol. The molecule has 1 atom stereocenters. The van der Waals surface area contributed by atoms with E-state index in [1.807, 2.05) is 31.2 Å². The second-order valence-corrected chi connectivity index (χ2v) is 7.14. The lowest BCUT2D eigenvalue weighted by molar-refractivity contribution is 0.239. The summed E-state index contributed by atoms with van der Waals surface area (Å²) in [5.74, 6) is 0.582. The summed E-state index contributed by atoms with van der Waals surface area (Å²) in [6.45, 7) is 2.54. The third-order valence-corrected chi connectivity index (χ3v) is 5.62. The highest BCUT2D eigenvalue weighted by molar-refractivity contribution is 6.14. The van der Waals surface area contributed by atoms with Crippen LogP contribution in [0.25, 0.3) is 32.6 Å². The van der Waals surface area contributed by atoms with Gasteiger partial charge >= 0.3 is 0 Å². The van der Waals surface area contributed by atoms with Gasteiger partial charge in [0.1, 0.15) is 6.61 Å². The predicted molar refractivity (Wildman–Crippen MR) is 107 cm³/mol. The monoisotopic (exact) mass is 361 g/mol. The van der Waals surface area contributed by atoms with Gasteiger partial charge in [0.05, 0.1) is 17.1 Å². The third kappa shape index (κ3) is 1.99. The van der Waals surface area contributed by atoms with Crippen molar-refractivity contribution in [3.63, 3.8) is 0 Å². The number of aryl methyl sites for hydroxylation is 2. The maximum atomic E-state index is 12.9. The Balaban J connectivity index is 2.14. The zero-order valence-corrected chi connectivity index (χ0v) is 15.2. The van der Waals surface area contributed by atoms with Gasteiger partial charge in [-0.05, 0) is 30.0 Å². The topological polar surface area (TPSA) is 79.2 Å². The minimum absolute atomic E-state index is 0.0835. The van der Waals surface area contributed by atoms with Crippen LogP contribution in [0.15, 0.2) is 46.0 Å². The Kier molecular flexibility index (Phi) is 3.24. The molecule has 2 N–H and O–H groups in total. The molecule has 0 unspecified atom stereocenters. The van der Waals surface area contributed by atoms with Gasteiger partial charge in [-0.2, -0.15) is 0 Å². The van der Waals surface area contributed by atoms with Crippen LogP contribution in [0.5, 0.6) is 5.75 Å². The van der Waals surface area contributed by atoms with Crippen molar-refractivity contribution in [2.75, 3.05) is 13.2 Å². The zero-order chi connectivity index (χ0) is 18.9. The van der Waals surface area contributed by atoms with E-state index in [2.05, 4.69) is 6.07 Å². The van der Waals surface area contributed by atoms with Crippen LogP contribution in [0.1, 0.15) is 11.6 Å². The van der Waals surface area contributed by atoms with E-state index in [0.29, 0.717) is 29.8 Å². The summed E-state index contributed by atoms with van der Waals surface area (Å²) in [5, 5.41) is 3.44. The molecule has 6 heteroatoms. The van der Waals surface area contributed by atoms with E-state index in [1.165, 1.54) is 0 Å². The molecule has 136 valence electrons. The lowest BCUT2D eigenvalue weighted by Gasteiger charge is -2.29. The molecule has 4 aromatic rings. The molecule has 0 bridgehead atoms. The van der Waals surface area contributed by atoms with Gasteiger partial charge in [0.2, 0.25) is 0 Å². The van der Waals surface area contributed by atoms with E-state index in [0.717, 1.165) is 27.2 Å². The van der Waals surface area contributed by atoms with Crippen LogP contribution in [-0.4, -0.2) is 22.3 Å². The molecule has 27 heavy (non-hydrogen) atoms. The Hall–Kier alpha value is -3.12. The zero-order valence-electron chi connectivity index (χ0n) is 15.2. The first-order valence-electron chi connectivity index (χ1n) is 8.96. The second kappa shape index (κ2) is 5.44. The molecular weight excluding hydrogens is 342 g/mol. The van der Waals surface area contributed by atoms with Crippen molar-refractivity contribution in [2.24, 2.45) is 12.8 Å². The first-order chi connectivity index (χ1) is 13.0. The number of ether oxygens (including phenoxy) is 1. The molecule has 6 nitrogen and oxygen atoms in total. The fourth-order valence-corrected chi connectivity index (χ4v) is 4.27. The first-order valence-corrected chi connectivity index (χ1v) is 8.96. The van der Waals surface area contributed by atoms with Gasteiger partial charge in [0.25, 0.3) is 11.1 Å². The van der Waals surface area contributed by atoms with Crippen LogP contribution >= 0.6 is 0 Å². The minimum Gasteiger partial charge on any atom is -0.487 e. The maximum Gasteiger partial charge on any atom is 0.258 e. The molecule has 0 radical (unpaired) electrons. The molecule has 0 saturated heterocycles. The molecule has 0 amide bonds. The van der Waals surface area contributed by atoms with Crippen molar-refractivity contribution >= 4 is 32.6 Å². The van der Waals surface area contributed by atoms with Crippen molar-refractivity contribution in [3.05, 3.63) is 62.7 Å². The summed E-state index contributed by atoms with van der Waals surface area (Å²) in [6.07, 6.45) is 0. The number of fused-ring (bicyclic) bond motifs is 4. The number of nitrogens with zero attached hydrogens (tertiary/aromatic N) is 2. The van der Waals surface area contributed by atoms with Crippen molar-refractivity contribution in [3.8, 4) is 5.75 Å². The molecular formula is C21H19N3O3. The van der Waals surface area contributed by atoms with Crippen LogP contribution in [0.4, 0.5) is 0 Å². The second-order valence-electron chi connectivity index (χ2n) is 7.14. The summed E-state index contributed by atoms with van der Waals surface area (Å²) >= 11 is 0. The van der Waals surface area contributed by atoms with Gasteiger partial charge in [-0.15, -0.1) is 0 Å². The Morgan fingerprint density at radius 1 is 1.07 bits per heavy atom. The van der Waals surface area contributed by atoms with Gasteiger partial charge in [0, 0.05) is 35.8 Å². The Morgan fingerprint density at radius 2 is 1.81 bits per heavy atom. The summed E-state index contributed by atoms with van der Waals surface area (Å²) < 4.78 is 9.45. The molecule has 2 aromatic carbocycles. The van der Waals surface area contributed by atoms with Gasteiger partial charge < -0.3 is 15.0 Å². The van der Waals surface area contributed by atoms with Crippen LogP contribution in [0, 0.1) is 6.92 Å². The molecule has 3 heterocycles. The van der Waals surface area contributed by atoms with Gasteiger partial charge in [-0.3, -0.25) is 14.2 Å². The molecule has 1 aliphatic heterocycles. The fourth-order valence-electron chi connectivity index (χ4n) is 4.27. The van der Waals surface area contributed by atoms with E-state index in [1.54, 1.807) is 22.2 Å². The molecule has 0 fully saturated rings. The van der Waals surface area contributed by atoms with Gasteiger partial charge in [0.15, 0.2) is 5.75 Å². The quantitative estimate of drug-likeness (QED) is 0.416. The predicted octanol–water partition coefficient (Wildman–Crippen LogP) is 2.21. The van der Waals surface area contributed by atoms with Gasteiger partial charge in [-0.1, -0.05) is 18.2 Å². The van der Waals surface area contributed by atoms with Crippen molar-refractivity contribution in [1.82, 2.24) is 9.13 Å². The lowest BCUT2D eigenvalue weighted by Crippen LogP contribution is -2.36. The lowest BCUT2D eigenvalue weighted by atomic mass is 9.99. The number of nitrogens with two attached hydrogens (primary N) is 1. The number of hydrogen-bond acceptors (Lipinski definition) is 4. The fraction of sp³-hybridized carbons (Fsp3) is 0.238. The van der Waals surface area contributed by atoms with Crippen LogP contribution < -0.4 is 21.6 Å². The summed E-state index contributed by atoms with van der Waals surface area (Å²) in [6, 6.07) is 11.1. The Labute approximate surface area is 154 Å². The summed E-state index contributed by atoms with van der Waals surface area (Å²) in [7, 11) is 1.75. The summed E-state index contributed by atoms with van der Waals surface area (Å²) in [5.41, 5.74) is 8.03.